The zero-order chi connectivity index (χ0) is 14.5. The van der Waals surface area contributed by atoms with Gasteiger partial charge in [-0.25, -0.2) is 0 Å². The second-order valence-corrected chi connectivity index (χ2v) is 5.01. The van der Waals surface area contributed by atoms with Gasteiger partial charge in [-0.05, 0) is 32.4 Å². The quantitative estimate of drug-likeness (QED) is 0.819. The van der Waals surface area contributed by atoms with Crippen LogP contribution < -0.4 is 10.1 Å². The van der Waals surface area contributed by atoms with Crippen molar-refractivity contribution in [3.8, 4) is 5.75 Å². The lowest BCUT2D eigenvalue weighted by molar-refractivity contribution is -0.140. The standard InChI is InChI=1S/C14H19NO4/c1-10-6-4-5-7-11(10)19-9-14(2,3)13(18)15-8-12(16)17/h4-7H,8-9H2,1-3H3,(H,15,18)(H,16,17). The molecule has 0 aliphatic carbocycles. The normalized spacial score (nSPS) is 10.9. The van der Waals surface area contributed by atoms with Crippen LogP contribution in [0.15, 0.2) is 24.3 Å². The number of hydrogen-bond acceptors (Lipinski definition) is 3. The Morgan fingerprint density at radius 1 is 1.32 bits per heavy atom. The van der Waals surface area contributed by atoms with E-state index in [0.717, 1.165) is 11.3 Å². The van der Waals surface area contributed by atoms with Crippen molar-refractivity contribution in [1.29, 1.82) is 0 Å². The maximum Gasteiger partial charge on any atom is 0.322 e. The number of ether oxygens (including phenoxy) is 1. The zero-order valence-electron chi connectivity index (χ0n) is 11.4. The van der Waals surface area contributed by atoms with Gasteiger partial charge in [0.1, 0.15) is 18.9 Å². The minimum Gasteiger partial charge on any atom is -0.492 e. The van der Waals surface area contributed by atoms with E-state index in [2.05, 4.69) is 5.32 Å². The van der Waals surface area contributed by atoms with Crippen LogP contribution in [-0.4, -0.2) is 30.1 Å². The topological polar surface area (TPSA) is 75.6 Å². The number of rotatable bonds is 6. The van der Waals surface area contributed by atoms with Crippen molar-refractivity contribution in [2.24, 2.45) is 5.41 Å². The molecule has 19 heavy (non-hydrogen) atoms. The molecule has 0 radical (unpaired) electrons. The molecule has 0 bridgehead atoms. The summed E-state index contributed by atoms with van der Waals surface area (Å²) < 4.78 is 5.62. The molecule has 2 N–H and O–H groups in total. The van der Waals surface area contributed by atoms with E-state index in [4.69, 9.17) is 9.84 Å². The molecule has 1 rings (SSSR count). The first kappa shape index (κ1) is 15.0. The third kappa shape index (κ3) is 4.62. The highest BCUT2D eigenvalue weighted by Crippen LogP contribution is 2.21. The van der Waals surface area contributed by atoms with E-state index in [-0.39, 0.29) is 19.1 Å². The summed E-state index contributed by atoms with van der Waals surface area (Å²) in [5.41, 5.74) is 0.196. The lowest BCUT2D eigenvalue weighted by atomic mass is 9.93. The summed E-state index contributed by atoms with van der Waals surface area (Å²) in [4.78, 5) is 22.2. The van der Waals surface area contributed by atoms with Gasteiger partial charge in [0.15, 0.2) is 0 Å². The van der Waals surface area contributed by atoms with Crippen molar-refractivity contribution in [2.45, 2.75) is 20.8 Å². The average Bonchev–Trinajstić information content (AvgIpc) is 2.34. The number of carbonyl (C=O) groups excluding carboxylic acids is 1. The number of para-hydroxylation sites is 1. The number of carboxylic acid groups (broad SMARTS) is 1. The van der Waals surface area contributed by atoms with Gasteiger partial charge in [0.2, 0.25) is 5.91 Å². The van der Waals surface area contributed by atoms with Gasteiger partial charge >= 0.3 is 5.97 Å². The summed E-state index contributed by atoms with van der Waals surface area (Å²) in [6.07, 6.45) is 0. The second-order valence-electron chi connectivity index (χ2n) is 5.01. The van der Waals surface area contributed by atoms with E-state index in [1.807, 2.05) is 31.2 Å². The Morgan fingerprint density at radius 2 is 1.95 bits per heavy atom. The van der Waals surface area contributed by atoms with Gasteiger partial charge in [-0.3, -0.25) is 9.59 Å². The lowest BCUT2D eigenvalue weighted by Gasteiger charge is -2.23. The Kier molecular flexibility index (Phi) is 4.92. The zero-order valence-corrected chi connectivity index (χ0v) is 11.4. The van der Waals surface area contributed by atoms with Crippen molar-refractivity contribution in [3.63, 3.8) is 0 Å². The van der Waals surface area contributed by atoms with Gasteiger partial charge in [0.25, 0.3) is 0 Å². The molecule has 0 heterocycles. The molecule has 5 nitrogen and oxygen atoms in total. The van der Waals surface area contributed by atoms with Crippen molar-refractivity contribution < 1.29 is 19.4 Å². The number of hydrogen-bond donors (Lipinski definition) is 2. The molecule has 104 valence electrons. The van der Waals surface area contributed by atoms with Gasteiger partial charge in [-0.2, -0.15) is 0 Å². The fourth-order valence-electron chi connectivity index (χ4n) is 1.44. The van der Waals surface area contributed by atoms with Gasteiger partial charge < -0.3 is 15.2 Å². The van der Waals surface area contributed by atoms with Gasteiger partial charge in [-0.15, -0.1) is 0 Å². The Hall–Kier alpha value is -2.04. The monoisotopic (exact) mass is 265 g/mol. The van der Waals surface area contributed by atoms with Crippen molar-refractivity contribution in [2.75, 3.05) is 13.2 Å². The SMILES string of the molecule is Cc1ccccc1OCC(C)(C)C(=O)NCC(=O)O. The Labute approximate surface area is 112 Å². The predicted molar refractivity (Wildman–Crippen MR) is 71.1 cm³/mol. The highest BCUT2D eigenvalue weighted by atomic mass is 16.5. The fraction of sp³-hybridized carbons (Fsp3) is 0.429. The minimum atomic E-state index is -1.07. The molecule has 0 spiro atoms. The molecule has 1 aromatic rings. The van der Waals surface area contributed by atoms with Gasteiger partial charge in [-0.1, -0.05) is 18.2 Å². The number of aliphatic carboxylic acids is 1. The van der Waals surface area contributed by atoms with Crippen molar-refractivity contribution in [1.82, 2.24) is 5.32 Å². The molecular weight excluding hydrogens is 246 g/mol. The largest absolute Gasteiger partial charge is 0.492 e. The second kappa shape index (κ2) is 6.22. The van der Waals surface area contributed by atoms with E-state index < -0.39 is 11.4 Å². The van der Waals surface area contributed by atoms with Crippen LogP contribution in [0, 0.1) is 12.3 Å². The highest BCUT2D eigenvalue weighted by molar-refractivity contribution is 5.85. The molecule has 1 amide bonds. The number of amides is 1. The Morgan fingerprint density at radius 3 is 2.53 bits per heavy atom. The van der Waals surface area contributed by atoms with Crippen LogP contribution in [0.5, 0.6) is 5.75 Å². The number of benzene rings is 1. The van der Waals surface area contributed by atoms with Crippen LogP contribution in [0.25, 0.3) is 0 Å². The average molecular weight is 265 g/mol. The van der Waals surface area contributed by atoms with Crippen molar-refractivity contribution >= 4 is 11.9 Å². The summed E-state index contributed by atoms with van der Waals surface area (Å²) in [5, 5.41) is 10.9. The molecule has 0 saturated carbocycles. The molecule has 0 fully saturated rings. The molecule has 5 heteroatoms. The first-order chi connectivity index (χ1) is 8.83. The molecule has 0 atom stereocenters. The van der Waals surface area contributed by atoms with Crippen LogP contribution in [-0.2, 0) is 9.59 Å². The summed E-state index contributed by atoms with van der Waals surface area (Å²) in [6, 6.07) is 7.53. The molecule has 0 aliphatic rings. The van der Waals surface area contributed by atoms with E-state index in [0.29, 0.717) is 0 Å². The van der Waals surface area contributed by atoms with E-state index in [9.17, 15) is 9.59 Å². The molecule has 0 saturated heterocycles. The number of carbonyl (C=O) groups is 2. The van der Waals surface area contributed by atoms with Gasteiger partial charge in [0, 0.05) is 0 Å². The summed E-state index contributed by atoms with van der Waals surface area (Å²) in [6.45, 7) is 5.15. The summed E-state index contributed by atoms with van der Waals surface area (Å²) in [7, 11) is 0. The number of carboxylic acids is 1. The third-order valence-electron chi connectivity index (χ3n) is 2.70. The van der Waals surface area contributed by atoms with E-state index in [1.54, 1.807) is 13.8 Å². The van der Waals surface area contributed by atoms with Crippen LogP contribution >= 0.6 is 0 Å². The molecule has 0 aliphatic heterocycles. The van der Waals surface area contributed by atoms with Crippen LogP contribution in [0.3, 0.4) is 0 Å². The molecule has 0 aromatic heterocycles. The summed E-state index contributed by atoms with van der Waals surface area (Å²) in [5.74, 6) is -0.686. The predicted octanol–water partition coefficient (Wildman–Crippen LogP) is 1.60. The number of aryl methyl sites for hydroxylation is 1. The van der Waals surface area contributed by atoms with Crippen LogP contribution in [0.1, 0.15) is 19.4 Å². The maximum atomic E-state index is 11.8. The third-order valence-corrected chi connectivity index (χ3v) is 2.70. The number of nitrogens with one attached hydrogen (secondary N) is 1. The Balaban J connectivity index is 2.57. The van der Waals surface area contributed by atoms with E-state index in [1.165, 1.54) is 0 Å². The maximum absolute atomic E-state index is 11.8. The van der Waals surface area contributed by atoms with Crippen LogP contribution in [0.2, 0.25) is 0 Å². The van der Waals surface area contributed by atoms with E-state index >= 15 is 0 Å². The first-order valence-corrected chi connectivity index (χ1v) is 6.01. The minimum absolute atomic E-state index is 0.184. The Bertz CT molecular complexity index is 468. The summed E-state index contributed by atoms with van der Waals surface area (Å²) >= 11 is 0. The van der Waals surface area contributed by atoms with Crippen molar-refractivity contribution in [3.05, 3.63) is 29.8 Å². The van der Waals surface area contributed by atoms with Crippen LogP contribution in [0.4, 0.5) is 0 Å². The smallest absolute Gasteiger partial charge is 0.322 e. The first-order valence-electron chi connectivity index (χ1n) is 6.01. The fourth-order valence-corrected chi connectivity index (χ4v) is 1.44. The molecular formula is C14H19NO4. The molecule has 0 unspecified atom stereocenters. The highest BCUT2D eigenvalue weighted by Gasteiger charge is 2.29. The van der Waals surface area contributed by atoms with Gasteiger partial charge in [0.05, 0.1) is 5.41 Å². The lowest BCUT2D eigenvalue weighted by Crippen LogP contribution is -2.42. The molecule has 1 aromatic carbocycles.